The Kier molecular flexibility index (Phi) is 7.67. The lowest BCUT2D eigenvalue weighted by atomic mass is 9.80. The summed E-state index contributed by atoms with van der Waals surface area (Å²) >= 11 is 0. The van der Waals surface area contributed by atoms with Gasteiger partial charge in [0, 0.05) is 6.61 Å². The van der Waals surface area contributed by atoms with Gasteiger partial charge in [-0.05, 0) is 57.4 Å². The molecule has 1 aliphatic carbocycles. The van der Waals surface area contributed by atoms with Crippen molar-refractivity contribution in [2.24, 2.45) is 11.8 Å². The molecule has 0 aromatic carbocycles. The number of ether oxygens (including phenoxy) is 2. The molecule has 4 heteroatoms. The van der Waals surface area contributed by atoms with Gasteiger partial charge in [-0.2, -0.15) is 0 Å². The van der Waals surface area contributed by atoms with Crippen LogP contribution in [0.5, 0.6) is 0 Å². The van der Waals surface area contributed by atoms with Gasteiger partial charge in [0.2, 0.25) is 0 Å². The molecule has 4 atom stereocenters. The predicted molar refractivity (Wildman–Crippen MR) is 85.3 cm³/mol. The van der Waals surface area contributed by atoms with Gasteiger partial charge in [0.05, 0.1) is 13.2 Å². The standard InChI is InChI=1S/C17H33NO3/c1-6-18-17(4,16(19)20-5)10-7-11-21-15-9-8-13(2)14(3)12-15/h13-15,18H,6-12H2,1-5H3. The zero-order chi connectivity index (χ0) is 15.9. The molecule has 4 nitrogen and oxygen atoms in total. The van der Waals surface area contributed by atoms with Crippen LogP contribution >= 0.6 is 0 Å². The van der Waals surface area contributed by atoms with Gasteiger partial charge in [-0.25, -0.2) is 0 Å². The van der Waals surface area contributed by atoms with E-state index in [1.807, 2.05) is 13.8 Å². The number of hydrogen-bond donors (Lipinski definition) is 1. The minimum atomic E-state index is -0.596. The van der Waals surface area contributed by atoms with Crippen LogP contribution in [0.1, 0.15) is 59.8 Å². The van der Waals surface area contributed by atoms with Gasteiger partial charge in [-0.15, -0.1) is 0 Å². The normalized spacial score (nSPS) is 28.9. The molecule has 0 radical (unpaired) electrons. The first-order chi connectivity index (χ1) is 9.92. The molecule has 0 aromatic heterocycles. The van der Waals surface area contributed by atoms with E-state index in [4.69, 9.17) is 9.47 Å². The maximum atomic E-state index is 11.9. The molecule has 21 heavy (non-hydrogen) atoms. The van der Waals surface area contributed by atoms with E-state index in [0.29, 0.717) is 6.10 Å². The molecule has 1 fully saturated rings. The molecule has 0 saturated heterocycles. The predicted octanol–water partition coefficient (Wildman–Crippen LogP) is 3.15. The van der Waals surface area contributed by atoms with E-state index >= 15 is 0 Å². The summed E-state index contributed by atoms with van der Waals surface area (Å²) in [7, 11) is 1.44. The molecule has 0 aliphatic heterocycles. The van der Waals surface area contributed by atoms with Crippen LogP contribution in [0.25, 0.3) is 0 Å². The van der Waals surface area contributed by atoms with Crippen molar-refractivity contribution < 1.29 is 14.3 Å². The van der Waals surface area contributed by atoms with Crippen molar-refractivity contribution in [3.8, 4) is 0 Å². The zero-order valence-corrected chi connectivity index (χ0v) is 14.4. The van der Waals surface area contributed by atoms with Crippen LogP contribution in [-0.2, 0) is 14.3 Å². The Morgan fingerprint density at radius 3 is 2.57 bits per heavy atom. The highest BCUT2D eigenvalue weighted by molar-refractivity contribution is 5.80. The first-order valence-corrected chi connectivity index (χ1v) is 8.38. The number of carbonyl (C=O) groups is 1. The SMILES string of the molecule is CCNC(C)(CCCOC1CCC(C)C(C)C1)C(=O)OC. The van der Waals surface area contributed by atoms with Gasteiger partial charge >= 0.3 is 5.97 Å². The fraction of sp³-hybridized carbons (Fsp3) is 0.941. The second-order valence-electron chi connectivity index (χ2n) is 6.72. The molecule has 4 unspecified atom stereocenters. The molecule has 0 amide bonds. The Morgan fingerprint density at radius 2 is 2.00 bits per heavy atom. The van der Waals surface area contributed by atoms with Gasteiger partial charge in [0.1, 0.15) is 5.54 Å². The molecule has 0 aromatic rings. The topological polar surface area (TPSA) is 47.6 Å². The van der Waals surface area contributed by atoms with Crippen molar-refractivity contribution in [3.05, 3.63) is 0 Å². The van der Waals surface area contributed by atoms with Gasteiger partial charge in [-0.1, -0.05) is 20.8 Å². The number of likely N-dealkylation sites (N-methyl/N-ethyl adjacent to an activating group) is 1. The molecule has 0 spiro atoms. The maximum absolute atomic E-state index is 11.9. The van der Waals surface area contributed by atoms with Gasteiger partial charge in [-0.3, -0.25) is 4.79 Å². The van der Waals surface area contributed by atoms with Crippen molar-refractivity contribution >= 4 is 5.97 Å². The van der Waals surface area contributed by atoms with E-state index in [2.05, 4.69) is 19.2 Å². The van der Waals surface area contributed by atoms with E-state index in [1.54, 1.807) is 0 Å². The summed E-state index contributed by atoms with van der Waals surface area (Å²) in [5, 5.41) is 3.23. The van der Waals surface area contributed by atoms with E-state index in [9.17, 15) is 4.79 Å². The third kappa shape index (κ3) is 5.59. The third-order valence-corrected chi connectivity index (χ3v) is 4.93. The molecule has 1 rings (SSSR count). The largest absolute Gasteiger partial charge is 0.468 e. The van der Waals surface area contributed by atoms with E-state index in [-0.39, 0.29) is 5.97 Å². The highest BCUT2D eigenvalue weighted by Crippen LogP contribution is 2.31. The quantitative estimate of drug-likeness (QED) is 0.552. The fourth-order valence-corrected chi connectivity index (χ4v) is 3.20. The Labute approximate surface area is 130 Å². The van der Waals surface area contributed by atoms with Crippen molar-refractivity contribution in [3.63, 3.8) is 0 Å². The van der Waals surface area contributed by atoms with Crippen LogP contribution in [-0.4, -0.2) is 37.9 Å². The zero-order valence-electron chi connectivity index (χ0n) is 14.4. The Hall–Kier alpha value is -0.610. The van der Waals surface area contributed by atoms with Crippen molar-refractivity contribution in [1.82, 2.24) is 5.32 Å². The van der Waals surface area contributed by atoms with E-state index < -0.39 is 5.54 Å². The van der Waals surface area contributed by atoms with Crippen molar-refractivity contribution in [2.75, 3.05) is 20.3 Å². The molecule has 1 aliphatic rings. The van der Waals surface area contributed by atoms with Crippen LogP contribution in [0, 0.1) is 11.8 Å². The third-order valence-electron chi connectivity index (χ3n) is 4.93. The van der Waals surface area contributed by atoms with E-state index in [0.717, 1.165) is 37.8 Å². The number of esters is 1. The Bertz CT molecular complexity index is 321. The van der Waals surface area contributed by atoms with Gasteiger partial charge in [0.15, 0.2) is 0 Å². The summed E-state index contributed by atoms with van der Waals surface area (Å²) in [6.45, 7) is 10.0. The molecule has 1 N–H and O–H groups in total. The number of rotatable bonds is 8. The van der Waals surface area contributed by atoms with Crippen LogP contribution in [0.3, 0.4) is 0 Å². The molecule has 0 bridgehead atoms. The molecule has 124 valence electrons. The average molecular weight is 299 g/mol. The second-order valence-corrected chi connectivity index (χ2v) is 6.72. The number of nitrogens with one attached hydrogen (secondary N) is 1. The molecule has 0 heterocycles. The fourth-order valence-electron chi connectivity index (χ4n) is 3.20. The smallest absolute Gasteiger partial charge is 0.325 e. The highest BCUT2D eigenvalue weighted by atomic mass is 16.5. The summed E-state index contributed by atoms with van der Waals surface area (Å²) in [5.41, 5.74) is -0.596. The summed E-state index contributed by atoms with van der Waals surface area (Å²) < 4.78 is 10.9. The van der Waals surface area contributed by atoms with Gasteiger partial charge < -0.3 is 14.8 Å². The number of methoxy groups -OCH3 is 1. The lowest BCUT2D eigenvalue weighted by Gasteiger charge is -2.32. The first kappa shape index (κ1) is 18.4. The Morgan fingerprint density at radius 1 is 1.29 bits per heavy atom. The minimum Gasteiger partial charge on any atom is -0.468 e. The number of carbonyl (C=O) groups excluding carboxylic acids is 1. The molecular formula is C17H33NO3. The van der Waals surface area contributed by atoms with Crippen LogP contribution in [0.4, 0.5) is 0 Å². The monoisotopic (exact) mass is 299 g/mol. The Balaban J connectivity index is 2.30. The average Bonchev–Trinajstić information content (AvgIpc) is 2.46. The van der Waals surface area contributed by atoms with Crippen LogP contribution in [0.2, 0.25) is 0 Å². The summed E-state index contributed by atoms with van der Waals surface area (Å²) in [6.07, 6.45) is 5.63. The summed E-state index contributed by atoms with van der Waals surface area (Å²) in [6, 6.07) is 0. The van der Waals surface area contributed by atoms with Crippen LogP contribution < -0.4 is 5.32 Å². The van der Waals surface area contributed by atoms with Gasteiger partial charge in [0.25, 0.3) is 0 Å². The van der Waals surface area contributed by atoms with E-state index in [1.165, 1.54) is 26.4 Å². The summed E-state index contributed by atoms with van der Waals surface area (Å²) in [4.78, 5) is 11.9. The maximum Gasteiger partial charge on any atom is 0.325 e. The second kappa shape index (κ2) is 8.74. The highest BCUT2D eigenvalue weighted by Gasteiger charge is 2.33. The summed E-state index contributed by atoms with van der Waals surface area (Å²) in [5.74, 6) is 1.39. The molecule has 1 saturated carbocycles. The van der Waals surface area contributed by atoms with Crippen molar-refractivity contribution in [1.29, 1.82) is 0 Å². The lowest BCUT2D eigenvalue weighted by Crippen LogP contribution is -2.50. The van der Waals surface area contributed by atoms with Crippen molar-refractivity contribution in [2.45, 2.75) is 71.4 Å². The van der Waals surface area contributed by atoms with Crippen LogP contribution in [0.15, 0.2) is 0 Å². The molecular weight excluding hydrogens is 266 g/mol. The lowest BCUT2D eigenvalue weighted by molar-refractivity contribution is -0.148. The minimum absolute atomic E-state index is 0.190. The number of hydrogen-bond acceptors (Lipinski definition) is 4. The first-order valence-electron chi connectivity index (χ1n) is 8.38.